The van der Waals surface area contributed by atoms with E-state index in [1.54, 1.807) is 7.11 Å². The van der Waals surface area contributed by atoms with Gasteiger partial charge in [-0.2, -0.15) is 0 Å². The van der Waals surface area contributed by atoms with Gasteiger partial charge in [0.05, 0.1) is 7.11 Å². The van der Waals surface area contributed by atoms with Gasteiger partial charge in [0.2, 0.25) is 0 Å². The van der Waals surface area contributed by atoms with Gasteiger partial charge in [0, 0.05) is 29.6 Å². The van der Waals surface area contributed by atoms with Crippen LogP contribution >= 0.6 is 15.9 Å². The van der Waals surface area contributed by atoms with Crippen LogP contribution in [0.25, 0.3) is 0 Å². The topological polar surface area (TPSA) is 24.5 Å². The number of ether oxygens (including phenoxy) is 1. The number of halogens is 1. The molecule has 4 heteroatoms. The van der Waals surface area contributed by atoms with Crippen LogP contribution in [0.4, 0.5) is 0 Å². The summed E-state index contributed by atoms with van der Waals surface area (Å²) in [5.74, 6) is 0.943. The van der Waals surface area contributed by atoms with Crippen molar-refractivity contribution in [2.24, 2.45) is 0 Å². The number of nitrogens with one attached hydrogen (secondary N) is 1. The highest BCUT2D eigenvalue weighted by Crippen LogP contribution is 2.31. The minimum atomic E-state index is 0.681. The van der Waals surface area contributed by atoms with Gasteiger partial charge in [0.1, 0.15) is 5.75 Å². The Labute approximate surface area is 129 Å². The van der Waals surface area contributed by atoms with Crippen LogP contribution in [0, 0.1) is 0 Å². The van der Waals surface area contributed by atoms with Crippen LogP contribution in [0.15, 0.2) is 22.7 Å². The highest BCUT2D eigenvalue weighted by Gasteiger charge is 2.31. The van der Waals surface area contributed by atoms with E-state index in [2.05, 4.69) is 38.3 Å². The second kappa shape index (κ2) is 6.46. The lowest BCUT2D eigenvalue weighted by molar-refractivity contribution is 0.230. The highest BCUT2D eigenvalue weighted by molar-refractivity contribution is 9.10. The number of hydrogen-bond acceptors (Lipinski definition) is 3. The fourth-order valence-electron chi connectivity index (χ4n) is 3.00. The molecule has 3 rings (SSSR count). The van der Waals surface area contributed by atoms with Crippen LogP contribution in [-0.2, 0) is 6.54 Å². The molecule has 20 heavy (non-hydrogen) atoms. The molecule has 1 N–H and O–H groups in total. The van der Waals surface area contributed by atoms with Crippen molar-refractivity contribution in [3.05, 3.63) is 28.2 Å². The van der Waals surface area contributed by atoms with Crippen LogP contribution in [0.2, 0.25) is 0 Å². The fourth-order valence-corrected chi connectivity index (χ4v) is 3.37. The van der Waals surface area contributed by atoms with E-state index in [1.807, 2.05) is 6.07 Å². The molecule has 0 amide bonds. The van der Waals surface area contributed by atoms with Crippen molar-refractivity contribution >= 4 is 15.9 Å². The third kappa shape index (κ3) is 3.54. The van der Waals surface area contributed by atoms with Crippen molar-refractivity contribution in [3.8, 4) is 5.75 Å². The van der Waals surface area contributed by atoms with Gasteiger partial charge < -0.3 is 10.1 Å². The van der Waals surface area contributed by atoms with Crippen molar-refractivity contribution in [3.63, 3.8) is 0 Å². The Morgan fingerprint density at radius 2 is 2.20 bits per heavy atom. The molecular formula is C16H23BrN2O. The molecule has 1 aliphatic heterocycles. The second-order valence-electron chi connectivity index (χ2n) is 5.91. The Kier molecular flexibility index (Phi) is 4.64. The summed E-state index contributed by atoms with van der Waals surface area (Å²) >= 11 is 3.67. The number of nitrogens with zero attached hydrogens (tertiary/aromatic N) is 1. The Morgan fingerprint density at radius 1 is 1.35 bits per heavy atom. The standard InChI is InChI=1S/C16H23BrN2O/c1-20-15-6-7-16(17)12(9-15)10-19(14-4-5-14)11-13-3-2-8-18-13/h6-7,9,13-14,18H,2-5,8,10-11H2,1H3. The summed E-state index contributed by atoms with van der Waals surface area (Å²) in [6.07, 6.45) is 5.36. The summed E-state index contributed by atoms with van der Waals surface area (Å²) in [4.78, 5) is 2.64. The van der Waals surface area contributed by atoms with E-state index in [9.17, 15) is 0 Å². The Bertz CT molecular complexity index is 456. The molecule has 0 aromatic heterocycles. The van der Waals surface area contributed by atoms with Crippen LogP contribution in [0.5, 0.6) is 5.75 Å². The quantitative estimate of drug-likeness (QED) is 0.862. The molecular weight excluding hydrogens is 316 g/mol. The number of benzene rings is 1. The third-order valence-corrected chi connectivity index (χ3v) is 5.08. The summed E-state index contributed by atoms with van der Waals surface area (Å²) in [7, 11) is 1.73. The number of methoxy groups -OCH3 is 1. The lowest BCUT2D eigenvalue weighted by Crippen LogP contribution is -2.38. The SMILES string of the molecule is COc1ccc(Br)c(CN(CC2CCCN2)C2CC2)c1. The zero-order valence-corrected chi connectivity index (χ0v) is 13.7. The fraction of sp³-hybridized carbons (Fsp3) is 0.625. The summed E-state index contributed by atoms with van der Waals surface area (Å²) < 4.78 is 6.53. The van der Waals surface area contributed by atoms with E-state index in [1.165, 1.54) is 48.8 Å². The molecule has 2 aliphatic rings. The molecule has 110 valence electrons. The van der Waals surface area contributed by atoms with Crippen molar-refractivity contribution in [1.82, 2.24) is 10.2 Å². The van der Waals surface area contributed by atoms with E-state index in [-0.39, 0.29) is 0 Å². The lowest BCUT2D eigenvalue weighted by Gasteiger charge is -2.26. The minimum absolute atomic E-state index is 0.681. The molecule has 1 aliphatic carbocycles. The van der Waals surface area contributed by atoms with Crippen molar-refractivity contribution in [2.45, 2.75) is 44.3 Å². The minimum Gasteiger partial charge on any atom is -0.497 e. The molecule has 0 radical (unpaired) electrons. The third-order valence-electron chi connectivity index (χ3n) is 4.31. The Hall–Kier alpha value is -0.580. The van der Waals surface area contributed by atoms with Crippen LogP contribution in [0.1, 0.15) is 31.2 Å². The maximum absolute atomic E-state index is 5.35. The normalized spacial score (nSPS) is 22.4. The van der Waals surface area contributed by atoms with Crippen molar-refractivity contribution < 1.29 is 4.74 Å². The number of hydrogen-bond donors (Lipinski definition) is 1. The predicted molar refractivity (Wildman–Crippen MR) is 85.2 cm³/mol. The first kappa shape index (κ1) is 14.4. The van der Waals surface area contributed by atoms with Gasteiger partial charge in [0.15, 0.2) is 0 Å². The van der Waals surface area contributed by atoms with Gasteiger partial charge >= 0.3 is 0 Å². The first-order chi connectivity index (χ1) is 9.76. The predicted octanol–water partition coefficient (Wildman–Crippen LogP) is 3.17. The van der Waals surface area contributed by atoms with E-state index in [0.29, 0.717) is 6.04 Å². The second-order valence-corrected chi connectivity index (χ2v) is 6.77. The van der Waals surface area contributed by atoms with Crippen LogP contribution in [-0.4, -0.2) is 37.2 Å². The van der Waals surface area contributed by atoms with Gasteiger partial charge in [-0.25, -0.2) is 0 Å². The molecule has 1 unspecified atom stereocenters. The largest absolute Gasteiger partial charge is 0.497 e. The average molecular weight is 339 g/mol. The molecule has 3 nitrogen and oxygen atoms in total. The smallest absolute Gasteiger partial charge is 0.119 e. The lowest BCUT2D eigenvalue weighted by atomic mass is 10.1. The highest BCUT2D eigenvalue weighted by atomic mass is 79.9. The maximum Gasteiger partial charge on any atom is 0.119 e. The van der Waals surface area contributed by atoms with E-state index in [0.717, 1.165) is 18.3 Å². The molecule has 1 heterocycles. The summed E-state index contributed by atoms with van der Waals surface area (Å²) in [6.45, 7) is 3.38. The zero-order valence-electron chi connectivity index (χ0n) is 12.1. The first-order valence-electron chi connectivity index (χ1n) is 7.56. The van der Waals surface area contributed by atoms with Gasteiger partial charge in [-0.15, -0.1) is 0 Å². The van der Waals surface area contributed by atoms with Gasteiger partial charge in [0.25, 0.3) is 0 Å². The molecule has 1 saturated carbocycles. The van der Waals surface area contributed by atoms with Crippen molar-refractivity contribution in [1.29, 1.82) is 0 Å². The molecule has 2 fully saturated rings. The zero-order chi connectivity index (χ0) is 13.9. The molecule has 1 aromatic rings. The maximum atomic E-state index is 5.35. The van der Waals surface area contributed by atoms with E-state index in [4.69, 9.17) is 4.74 Å². The van der Waals surface area contributed by atoms with Gasteiger partial charge in [-0.3, -0.25) is 4.90 Å². The monoisotopic (exact) mass is 338 g/mol. The molecule has 0 spiro atoms. The van der Waals surface area contributed by atoms with Crippen molar-refractivity contribution in [2.75, 3.05) is 20.2 Å². The van der Waals surface area contributed by atoms with E-state index >= 15 is 0 Å². The van der Waals surface area contributed by atoms with Gasteiger partial charge in [-0.05, 0) is 56.0 Å². The molecule has 1 saturated heterocycles. The first-order valence-corrected chi connectivity index (χ1v) is 8.35. The summed E-state index contributed by atoms with van der Waals surface area (Å²) in [5, 5.41) is 3.61. The average Bonchev–Trinajstić information content (AvgIpc) is 3.18. The molecule has 1 atom stereocenters. The Balaban J connectivity index is 1.69. The summed E-state index contributed by atoms with van der Waals surface area (Å²) in [5.41, 5.74) is 1.33. The molecule has 0 bridgehead atoms. The van der Waals surface area contributed by atoms with E-state index < -0.39 is 0 Å². The summed E-state index contributed by atoms with van der Waals surface area (Å²) in [6, 6.07) is 7.72. The number of rotatable bonds is 6. The van der Waals surface area contributed by atoms with Gasteiger partial charge in [-0.1, -0.05) is 15.9 Å². The van der Waals surface area contributed by atoms with Crippen LogP contribution < -0.4 is 10.1 Å². The Morgan fingerprint density at radius 3 is 2.85 bits per heavy atom. The molecule has 1 aromatic carbocycles. The van der Waals surface area contributed by atoms with Crippen LogP contribution in [0.3, 0.4) is 0 Å².